The third-order valence-corrected chi connectivity index (χ3v) is 5.81. The maximum Gasteiger partial charge on any atom is 0.321 e. The minimum Gasteiger partial charge on any atom is -0.393 e. The molecule has 0 saturated carbocycles. The number of aliphatic hydroxyl groups excluding tert-OH is 2. The molecule has 0 radical (unpaired) electrons. The van der Waals surface area contributed by atoms with Gasteiger partial charge in [-0.1, -0.05) is 23.2 Å². The molecule has 1 atom stereocenters. The molecule has 0 aliphatic carbocycles. The number of nitrogens with zero attached hydrogens (tertiary/aromatic N) is 2. The average molecular weight is 442 g/mol. The molecule has 2 amide bonds. The van der Waals surface area contributed by atoms with E-state index in [9.17, 15) is 9.90 Å². The Kier molecular flexibility index (Phi) is 6.63. The Morgan fingerprint density at radius 2 is 2.00 bits per heavy atom. The summed E-state index contributed by atoms with van der Waals surface area (Å²) >= 11 is 12.2. The number of piperidine rings is 1. The number of alkyl halides is 1. The molecule has 1 aliphatic heterocycles. The number of pyridine rings is 1. The van der Waals surface area contributed by atoms with Gasteiger partial charge in [-0.3, -0.25) is 4.98 Å². The second kappa shape index (κ2) is 8.83. The zero-order valence-corrected chi connectivity index (χ0v) is 17.3. The topological polar surface area (TPSA) is 85.7 Å². The smallest absolute Gasteiger partial charge is 0.321 e. The van der Waals surface area contributed by atoms with Crippen molar-refractivity contribution in [2.75, 3.05) is 25.0 Å². The van der Waals surface area contributed by atoms with Gasteiger partial charge in [0.2, 0.25) is 0 Å². The Bertz CT molecular complexity index is 905. The Labute approximate surface area is 178 Å². The van der Waals surface area contributed by atoms with E-state index < -0.39 is 18.4 Å². The predicted octanol–water partition coefficient (Wildman–Crippen LogP) is 4.22. The van der Waals surface area contributed by atoms with E-state index in [1.807, 2.05) is 6.92 Å². The molecule has 3 rings (SSSR count). The summed E-state index contributed by atoms with van der Waals surface area (Å²) in [7, 11) is 0. The van der Waals surface area contributed by atoms with Crippen molar-refractivity contribution < 1.29 is 19.4 Å². The number of hydrogen-bond donors (Lipinski definition) is 3. The van der Waals surface area contributed by atoms with Crippen LogP contribution >= 0.6 is 23.2 Å². The molecular formula is C20H22Cl2FN3O3. The SMILES string of the molecule is Cc1cc(NC(=O)N2CCC(F)(c3ncc([C@H](O)CO)cc3Cl)CC2)ccc1Cl. The Morgan fingerprint density at radius 3 is 2.59 bits per heavy atom. The molecule has 1 fully saturated rings. The van der Waals surface area contributed by atoms with Gasteiger partial charge in [0.1, 0.15) is 6.10 Å². The van der Waals surface area contributed by atoms with E-state index in [-0.39, 0.29) is 42.7 Å². The van der Waals surface area contributed by atoms with E-state index in [4.69, 9.17) is 28.3 Å². The van der Waals surface area contributed by atoms with Crippen LogP contribution in [-0.2, 0) is 5.67 Å². The van der Waals surface area contributed by atoms with Crippen LogP contribution in [-0.4, -0.2) is 45.8 Å². The van der Waals surface area contributed by atoms with Crippen molar-refractivity contribution in [3.05, 3.63) is 57.3 Å². The molecule has 1 aliphatic rings. The van der Waals surface area contributed by atoms with Crippen LogP contribution in [0.3, 0.4) is 0 Å². The molecule has 3 N–H and O–H groups in total. The summed E-state index contributed by atoms with van der Waals surface area (Å²) in [5.41, 5.74) is 0.104. The van der Waals surface area contributed by atoms with Crippen molar-refractivity contribution in [1.29, 1.82) is 0 Å². The largest absolute Gasteiger partial charge is 0.393 e. The van der Waals surface area contributed by atoms with E-state index in [1.165, 1.54) is 12.3 Å². The van der Waals surface area contributed by atoms with E-state index in [0.717, 1.165) is 5.56 Å². The highest BCUT2D eigenvalue weighted by atomic mass is 35.5. The van der Waals surface area contributed by atoms with Gasteiger partial charge in [-0.15, -0.1) is 0 Å². The van der Waals surface area contributed by atoms with Crippen molar-refractivity contribution in [3.63, 3.8) is 0 Å². The van der Waals surface area contributed by atoms with E-state index in [1.54, 1.807) is 23.1 Å². The van der Waals surface area contributed by atoms with Gasteiger partial charge in [0, 0.05) is 48.4 Å². The summed E-state index contributed by atoms with van der Waals surface area (Å²) in [5, 5.41) is 22.2. The number of hydrogen-bond acceptors (Lipinski definition) is 4. The lowest BCUT2D eigenvalue weighted by Gasteiger charge is -2.36. The lowest BCUT2D eigenvalue weighted by Crippen LogP contribution is -2.45. The first-order valence-corrected chi connectivity index (χ1v) is 9.95. The summed E-state index contributed by atoms with van der Waals surface area (Å²) < 4.78 is 15.5. The highest BCUT2D eigenvalue weighted by Gasteiger charge is 2.40. The van der Waals surface area contributed by atoms with Gasteiger partial charge in [0.15, 0.2) is 5.67 Å². The second-order valence-electron chi connectivity index (χ2n) is 7.14. The number of aromatic nitrogens is 1. The molecule has 1 aromatic heterocycles. The standard InChI is InChI=1S/C20H22Cl2FN3O3/c1-12-8-14(2-3-15(12)21)25-19(29)26-6-4-20(23,5-7-26)18-16(22)9-13(10-24-18)17(28)11-27/h2-3,8-10,17,27-28H,4-7,11H2,1H3,(H,25,29)/t17-/m1/s1. The number of likely N-dealkylation sites (tertiary alicyclic amines) is 1. The fourth-order valence-electron chi connectivity index (χ4n) is 3.30. The second-order valence-corrected chi connectivity index (χ2v) is 7.96. The number of amides is 2. The van der Waals surface area contributed by atoms with E-state index in [0.29, 0.717) is 16.3 Å². The van der Waals surface area contributed by atoms with Crippen molar-refractivity contribution in [1.82, 2.24) is 9.88 Å². The fraction of sp³-hybridized carbons (Fsp3) is 0.400. The monoisotopic (exact) mass is 441 g/mol. The first kappa shape index (κ1) is 21.8. The van der Waals surface area contributed by atoms with Crippen LogP contribution in [0.5, 0.6) is 0 Å². The minimum atomic E-state index is -1.77. The molecule has 6 nitrogen and oxygen atoms in total. The molecule has 0 unspecified atom stereocenters. The third kappa shape index (κ3) is 4.80. The maximum absolute atomic E-state index is 15.5. The summed E-state index contributed by atoms with van der Waals surface area (Å²) in [6.45, 7) is 1.77. The normalized spacial score (nSPS) is 17.1. The van der Waals surface area contributed by atoms with Crippen LogP contribution < -0.4 is 5.32 Å². The van der Waals surface area contributed by atoms with Crippen molar-refractivity contribution in [3.8, 4) is 0 Å². The minimum absolute atomic E-state index is 0.0503. The Hall–Kier alpha value is -1.93. The molecular weight excluding hydrogens is 420 g/mol. The van der Waals surface area contributed by atoms with Crippen LogP contribution in [0.2, 0.25) is 10.0 Å². The molecule has 156 valence electrons. The number of anilines is 1. The van der Waals surface area contributed by atoms with E-state index in [2.05, 4.69) is 10.3 Å². The zero-order chi connectivity index (χ0) is 21.2. The van der Waals surface area contributed by atoms with E-state index >= 15 is 4.39 Å². The van der Waals surface area contributed by atoms with Crippen LogP contribution in [0.4, 0.5) is 14.9 Å². The number of aryl methyl sites for hydroxylation is 1. The van der Waals surface area contributed by atoms with Gasteiger partial charge >= 0.3 is 6.03 Å². The van der Waals surface area contributed by atoms with Gasteiger partial charge < -0.3 is 20.4 Å². The number of urea groups is 1. The molecule has 2 aromatic rings. The number of carbonyl (C=O) groups excluding carboxylic acids is 1. The number of nitrogens with one attached hydrogen (secondary N) is 1. The summed E-state index contributed by atoms with van der Waals surface area (Å²) in [6.07, 6.45) is 0.293. The first-order valence-electron chi connectivity index (χ1n) is 9.19. The maximum atomic E-state index is 15.5. The molecule has 9 heteroatoms. The zero-order valence-electron chi connectivity index (χ0n) is 15.8. The van der Waals surface area contributed by atoms with Crippen LogP contribution in [0.15, 0.2) is 30.5 Å². The lowest BCUT2D eigenvalue weighted by atomic mass is 9.89. The van der Waals surface area contributed by atoms with Gasteiger partial charge in [-0.2, -0.15) is 0 Å². The highest BCUT2D eigenvalue weighted by Crippen LogP contribution is 2.40. The molecule has 0 spiro atoms. The first-order chi connectivity index (χ1) is 13.7. The Morgan fingerprint density at radius 1 is 1.31 bits per heavy atom. The number of benzene rings is 1. The summed E-state index contributed by atoms with van der Waals surface area (Å²) in [6, 6.07) is 6.29. The molecule has 1 saturated heterocycles. The van der Waals surface area contributed by atoms with Crippen LogP contribution in [0.1, 0.15) is 35.8 Å². The molecule has 0 bridgehead atoms. The van der Waals surface area contributed by atoms with Gasteiger partial charge in [0.05, 0.1) is 17.3 Å². The summed E-state index contributed by atoms with van der Waals surface area (Å²) in [5.74, 6) is 0. The number of carbonyl (C=O) groups is 1. The lowest BCUT2D eigenvalue weighted by molar-refractivity contribution is 0.0679. The summed E-state index contributed by atoms with van der Waals surface area (Å²) in [4.78, 5) is 18.1. The molecule has 2 heterocycles. The number of aliphatic hydroxyl groups is 2. The predicted molar refractivity (Wildman–Crippen MR) is 110 cm³/mol. The number of rotatable bonds is 4. The number of halogens is 3. The highest BCUT2D eigenvalue weighted by molar-refractivity contribution is 6.31. The van der Waals surface area contributed by atoms with Gasteiger partial charge in [0.25, 0.3) is 0 Å². The molecule has 1 aromatic carbocycles. The van der Waals surface area contributed by atoms with Crippen molar-refractivity contribution in [2.45, 2.75) is 31.5 Å². The quantitative estimate of drug-likeness (QED) is 0.662. The third-order valence-electron chi connectivity index (χ3n) is 5.10. The van der Waals surface area contributed by atoms with Crippen LogP contribution in [0, 0.1) is 6.92 Å². The van der Waals surface area contributed by atoms with Gasteiger partial charge in [-0.25, -0.2) is 9.18 Å². The van der Waals surface area contributed by atoms with Crippen molar-refractivity contribution in [2.24, 2.45) is 0 Å². The fourth-order valence-corrected chi connectivity index (χ4v) is 3.76. The van der Waals surface area contributed by atoms with Crippen molar-refractivity contribution >= 4 is 34.9 Å². The van der Waals surface area contributed by atoms with Crippen LogP contribution in [0.25, 0.3) is 0 Å². The average Bonchev–Trinajstić information content (AvgIpc) is 2.70. The Balaban J connectivity index is 1.65. The van der Waals surface area contributed by atoms with Gasteiger partial charge in [-0.05, 0) is 36.8 Å². The molecule has 29 heavy (non-hydrogen) atoms.